The van der Waals surface area contributed by atoms with Crippen molar-refractivity contribution in [2.24, 2.45) is 0 Å². The van der Waals surface area contributed by atoms with Crippen LogP contribution in [0.5, 0.6) is 0 Å². The fourth-order valence-corrected chi connectivity index (χ4v) is 5.66. The molecule has 4 rings (SSSR count). The zero-order valence-corrected chi connectivity index (χ0v) is 23.7. The SMILES string of the molecule is Cc1ccc(CC(=O)N(Cc2c(Cl)cccc2Cl)C(Cc2ccccc2)C(=O)NC2CCCCC2)cc1C. The van der Waals surface area contributed by atoms with Crippen LogP contribution in [0.3, 0.4) is 0 Å². The molecule has 3 aromatic rings. The topological polar surface area (TPSA) is 49.4 Å². The highest BCUT2D eigenvalue weighted by Crippen LogP contribution is 2.28. The van der Waals surface area contributed by atoms with Gasteiger partial charge in [-0.05, 0) is 61.1 Å². The number of rotatable bonds is 9. The first-order chi connectivity index (χ1) is 18.3. The fraction of sp³-hybridized carbons (Fsp3) is 0.375. The van der Waals surface area contributed by atoms with Crippen LogP contribution in [0.4, 0.5) is 0 Å². The van der Waals surface area contributed by atoms with Gasteiger partial charge in [0.05, 0.1) is 6.42 Å². The molecule has 0 heterocycles. The Morgan fingerprint density at radius 2 is 1.55 bits per heavy atom. The zero-order valence-electron chi connectivity index (χ0n) is 22.2. The molecule has 38 heavy (non-hydrogen) atoms. The molecule has 200 valence electrons. The Bertz CT molecular complexity index is 1240. The number of hydrogen-bond donors (Lipinski definition) is 1. The second kappa shape index (κ2) is 13.3. The molecular formula is C32H36Cl2N2O2. The van der Waals surface area contributed by atoms with Crippen LogP contribution in [-0.2, 0) is 29.0 Å². The van der Waals surface area contributed by atoms with Gasteiger partial charge >= 0.3 is 0 Å². The molecule has 1 unspecified atom stereocenters. The van der Waals surface area contributed by atoms with Crippen molar-refractivity contribution in [1.29, 1.82) is 0 Å². The third-order valence-corrected chi connectivity index (χ3v) is 8.25. The smallest absolute Gasteiger partial charge is 0.243 e. The maximum absolute atomic E-state index is 14.0. The van der Waals surface area contributed by atoms with Crippen molar-refractivity contribution in [3.8, 4) is 0 Å². The molecule has 0 radical (unpaired) electrons. The average molecular weight is 552 g/mol. The Morgan fingerprint density at radius 3 is 2.21 bits per heavy atom. The molecule has 0 aromatic heterocycles. The van der Waals surface area contributed by atoms with Crippen LogP contribution in [0, 0.1) is 13.8 Å². The minimum absolute atomic E-state index is 0.127. The molecule has 0 spiro atoms. The number of nitrogens with zero attached hydrogens (tertiary/aromatic N) is 1. The lowest BCUT2D eigenvalue weighted by atomic mass is 9.94. The van der Waals surface area contributed by atoms with Gasteiger partial charge in [0.15, 0.2) is 0 Å². The number of benzene rings is 3. The molecule has 1 atom stereocenters. The number of hydrogen-bond acceptors (Lipinski definition) is 2. The van der Waals surface area contributed by atoms with Crippen molar-refractivity contribution in [3.63, 3.8) is 0 Å². The number of halogens is 2. The second-order valence-corrected chi connectivity index (χ2v) is 11.2. The molecule has 4 nitrogen and oxygen atoms in total. The average Bonchev–Trinajstić information content (AvgIpc) is 2.91. The third-order valence-electron chi connectivity index (χ3n) is 7.54. The van der Waals surface area contributed by atoms with Gasteiger partial charge in [-0.25, -0.2) is 0 Å². The van der Waals surface area contributed by atoms with Gasteiger partial charge in [0.1, 0.15) is 6.04 Å². The summed E-state index contributed by atoms with van der Waals surface area (Å²) in [5.41, 5.74) is 4.86. The van der Waals surface area contributed by atoms with E-state index in [1.165, 1.54) is 12.0 Å². The minimum atomic E-state index is -0.703. The van der Waals surface area contributed by atoms with Gasteiger partial charge in [0.2, 0.25) is 11.8 Å². The molecule has 1 N–H and O–H groups in total. The lowest BCUT2D eigenvalue weighted by Gasteiger charge is -2.34. The van der Waals surface area contributed by atoms with Gasteiger partial charge in [-0.2, -0.15) is 0 Å². The lowest BCUT2D eigenvalue weighted by Crippen LogP contribution is -2.53. The van der Waals surface area contributed by atoms with Crippen LogP contribution in [-0.4, -0.2) is 28.8 Å². The van der Waals surface area contributed by atoms with Crippen molar-refractivity contribution in [3.05, 3.63) is 105 Å². The predicted octanol–water partition coefficient (Wildman–Crippen LogP) is 7.24. The first-order valence-corrected chi connectivity index (χ1v) is 14.2. The molecule has 2 amide bonds. The second-order valence-electron chi connectivity index (χ2n) is 10.4. The van der Waals surface area contributed by atoms with Crippen LogP contribution in [0.2, 0.25) is 10.0 Å². The lowest BCUT2D eigenvalue weighted by molar-refractivity contribution is -0.141. The Kier molecular flexibility index (Phi) is 9.87. The van der Waals surface area contributed by atoms with Crippen LogP contribution in [0.15, 0.2) is 66.7 Å². The number of aryl methyl sites for hydroxylation is 2. The summed E-state index contributed by atoms with van der Waals surface area (Å²) >= 11 is 13.1. The number of nitrogens with one attached hydrogen (secondary N) is 1. The van der Waals surface area contributed by atoms with E-state index in [1.807, 2.05) is 55.5 Å². The molecular weight excluding hydrogens is 515 g/mol. The molecule has 1 aliphatic rings. The molecule has 0 bridgehead atoms. The molecule has 1 saturated carbocycles. The monoisotopic (exact) mass is 550 g/mol. The van der Waals surface area contributed by atoms with Gasteiger partial charge in [0, 0.05) is 34.6 Å². The minimum Gasteiger partial charge on any atom is -0.352 e. The van der Waals surface area contributed by atoms with Crippen LogP contribution in [0.25, 0.3) is 0 Å². The van der Waals surface area contributed by atoms with Crippen molar-refractivity contribution in [2.45, 2.75) is 77.4 Å². The fourth-order valence-electron chi connectivity index (χ4n) is 5.14. The molecule has 1 fully saturated rings. The standard InChI is InChI=1S/C32H36Cl2N2O2/c1-22-16-17-25(18-23(22)2)20-31(37)36(21-27-28(33)14-9-15-29(27)34)30(19-24-10-5-3-6-11-24)32(38)35-26-12-7-4-8-13-26/h3,5-6,9-11,14-18,26,30H,4,7-8,12-13,19-21H2,1-2H3,(H,35,38). The van der Waals surface area contributed by atoms with E-state index in [2.05, 4.69) is 12.2 Å². The van der Waals surface area contributed by atoms with Gasteiger partial charge < -0.3 is 10.2 Å². The first kappa shape index (κ1) is 28.2. The van der Waals surface area contributed by atoms with Crippen LogP contribution in [0.1, 0.15) is 59.9 Å². The summed E-state index contributed by atoms with van der Waals surface area (Å²) in [5.74, 6) is -0.263. The van der Waals surface area contributed by atoms with E-state index in [9.17, 15) is 9.59 Å². The Labute approximate surface area is 236 Å². The highest BCUT2D eigenvalue weighted by Gasteiger charge is 2.32. The Morgan fingerprint density at radius 1 is 0.868 bits per heavy atom. The summed E-state index contributed by atoms with van der Waals surface area (Å²) in [7, 11) is 0. The molecule has 1 aliphatic carbocycles. The normalized spacial score (nSPS) is 14.6. The summed E-state index contributed by atoms with van der Waals surface area (Å²) in [6.07, 6.45) is 5.95. The summed E-state index contributed by atoms with van der Waals surface area (Å²) in [4.78, 5) is 29.6. The van der Waals surface area contributed by atoms with Gasteiger partial charge in [-0.15, -0.1) is 0 Å². The quantitative estimate of drug-likeness (QED) is 0.305. The van der Waals surface area contributed by atoms with Crippen LogP contribution < -0.4 is 5.32 Å². The van der Waals surface area contributed by atoms with Crippen molar-refractivity contribution < 1.29 is 9.59 Å². The van der Waals surface area contributed by atoms with Crippen molar-refractivity contribution >= 4 is 35.0 Å². The summed E-state index contributed by atoms with van der Waals surface area (Å²) in [5, 5.41) is 4.23. The molecule has 0 saturated heterocycles. The third kappa shape index (κ3) is 7.39. The van der Waals surface area contributed by atoms with Crippen LogP contribution >= 0.6 is 23.2 Å². The zero-order chi connectivity index (χ0) is 27.1. The van der Waals surface area contributed by atoms with E-state index >= 15 is 0 Å². The molecule has 0 aliphatic heterocycles. The van der Waals surface area contributed by atoms with E-state index in [4.69, 9.17) is 23.2 Å². The largest absolute Gasteiger partial charge is 0.352 e. The summed E-state index contributed by atoms with van der Waals surface area (Å²) < 4.78 is 0. The van der Waals surface area contributed by atoms with Crippen molar-refractivity contribution in [1.82, 2.24) is 10.2 Å². The van der Waals surface area contributed by atoms with E-state index < -0.39 is 6.04 Å². The highest BCUT2D eigenvalue weighted by atomic mass is 35.5. The first-order valence-electron chi connectivity index (χ1n) is 13.4. The highest BCUT2D eigenvalue weighted by molar-refractivity contribution is 6.36. The van der Waals surface area contributed by atoms with E-state index in [0.717, 1.165) is 42.4 Å². The van der Waals surface area contributed by atoms with E-state index in [1.54, 1.807) is 23.1 Å². The Balaban J connectivity index is 1.70. The molecule has 6 heteroatoms. The maximum atomic E-state index is 14.0. The van der Waals surface area contributed by atoms with Crippen molar-refractivity contribution in [2.75, 3.05) is 0 Å². The van der Waals surface area contributed by atoms with E-state index in [0.29, 0.717) is 22.0 Å². The predicted molar refractivity (Wildman–Crippen MR) is 156 cm³/mol. The summed E-state index contributed by atoms with van der Waals surface area (Å²) in [6.45, 7) is 4.25. The number of carbonyl (C=O) groups is 2. The summed E-state index contributed by atoms with van der Waals surface area (Å²) in [6, 6.07) is 20.7. The maximum Gasteiger partial charge on any atom is 0.243 e. The Hall–Kier alpha value is -2.82. The number of carbonyl (C=O) groups excluding carboxylic acids is 2. The number of amides is 2. The van der Waals surface area contributed by atoms with E-state index in [-0.39, 0.29) is 30.8 Å². The van der Waals surface area contributed by atoms with Gasteiger partial charge in [-0.1, -0.05) is 97.1 Å². The molecule has 3 aromatic carbocycles. The van der Waals surface area contributed by atoms with Gasteiger partial charge in [0.25, 0.3) is 0 Å². The van der Waals surface area contributed by atoms with Gasteiger partial charge in [-0.3, -0.25) is 9.59 Å².